The predicted molar refractivity (Wildman–Crippen MR) is 50.6 cm³/mol. The first-order valence-corrected chi connectivity index (χ1v) is 5.18. The van der Waals surface area contributed by atoms with Crippen LogP contribution >= 0.6 is 0 Å². The van der Waals surface area contributed by atoms with Crippen molar-refractivity contribution in [2.24, 2.45) is 17.3 Å². The van der Waals surface area contributed by atoms with E-state index in [2.05, 4.69) is 0 Å². The molecule has 3 atom stereocenters. The number of esters is 1. The van der Waals surface area contributed by atoms with E-state index in [4.69, 9.17) is 4.74 Å². The van der Waals surface area contributed by atoms with Crippen molar-refractivity contribution in [2.45, 2.75) is 32.6 Å². The highest BCUT2D eigenvalue weighted by atomic mass is 16.5. The minimum atomic E-state index is -0.403. The van der Waals surface area contributed by atoms with Gasteiger partial charge in [0.2, 0.25) is 0 Å². The molecule has 14 heavy (non-hydrogen) atoms. The Bertz CT molecular complexity index is 284. The molecule has 0 amide bonds. The molecule has 2 fully saturated rings. The normalized spacial score (nSPS) is 41.1. The van der Waals surface area contributed by atoms with Crippen molar-refractivity contribution in [1.82, 2.24) is 0 Å². The van der Waals surface area contributed by atoms with Crippen LogP contribution in [0.3, 0.4) is 0 Å². The molecule has 0 heterocycles. The lowest BCUT2D eigenvalue weighted by Gasteiger charge is -2.21. The molecule has 2 saturated carbocycles. The average Bonchev–Trinajstić information content (AvgIpc) is 2.65. The quantitative estimate of drug-likeness (QED) is 0.598. The van der Waals surface area contributed by atoms with Gasteiger partial charge in [0.05, 0.1) is 12.5 Å². The topological polar surface area (TPSA) is 43.4 Å². The maximum atomic E-state index is 11.5. The van der Waals surface area contributed by atoms with Gasteiger partial charge in [-0.3, -0.25) is 9.59 Å². The van der Waals surface area contributed by atoms with Crippen molar-refractivity contribution in [2.75, 3.05) is 7.11 Å². The maximum Gasteiger partial charge on any atom is 0.311 e. The van der Waals surface area contributed by atoms with Gasteiger partial charge in [-0.15, -0.1) is 0 Å². The number of Topliss-reactive ketones (excluding diaryl/α,β-unsaturated/α-hetero) is 1. The fraction of sp³-hybridized carbons (Fsp3) is 0.818. The third-order valence-corrected chi connectivity index (χ3v) is 3.81. The molecule has 78 valence electrons. The fourth-order valence-corrected chi connectivity index (χ4v) is 3.06. The van der Waals surface area contributed by atoms with Crippen molar-refractivity contribution in [3.05, 3.63) is 0 Å². The monoisotopic (exact) mass is 196 g/mol. The molecule has 0 unspecified atom stereocenters. The first kappa shape index (κ1) is 9.69. The zero-order valence-corrected chi connectivity index (χ0v) is 8.71. The number of carbonyl (C=O) groups excluding carboxylic acids is 2. The number of ketones is 1. The van der Waals surface area contributed by atoms with Gasteiger partial charge in [-0.05, 0) is 32.1 Å². The molecule has 0 saturated heterocycles. The smallest absolute Gasteiger partial charge is 0.311 e. The van der Waals surface area contributed by atoms with Crippen LogP contribution in [0.15, 0.2) is 0 Å². The Morgan fingerprint density at radius 2 is 2.21 bits per heavy atom. The molecule has 0 bridgehead atoms. The first-order valence-electron chi connectivity index (χ1n) is 5.18. The van der Waals surface area contributed by atoms with Gasteiger partial charge in [-0.2, -0.15) is 0 Å². The molecule has 2 aliphatic carbocycles. The van der Waals surface area contributed by atoms with Crippen LogP contribution < -0.4 is 0 Å². The summed E-state index contributed by atoms with van der Waals surface area (Å²) in [5.41, 5.74) is -0.403. The summed E-state index contributed by atoms with van der Waals surface area (Å²) >= 11 is 0. The standard InChI is InChI=1S/C11H16O3/c1-11(10(13)14-2)5-7-3-4-9(12)8(7)6-11/h7-8H,3-6H2,1-2H3/t7-,8+,11+/m0/s1. The second-order valence-corrected chi connectivity index (χ2v) is 4.83. The van der Waals surface area contributed by atoms with Crippen LogP contribution in [-0.2, 0) is 14.3 Å². The largest absolute Gasteiger partial charge is 0.469 e. The van der Waals surface area contributed by atoms with Crippen molar-refractivity contribution in [1.29, 1.82) is 0 Å². The number of rotatable bonds is 1. The zero-order chi connectivity index (χ0) is 10.3. The first-order chi connectivity index (χ1) is 6.57. The second kappa shape index (κ2) is 3.07. The SMILES string of the molecule is COC(=O)[C@]1(C)C[C@@H]2CCC(=O)[C@@H]2C1. The minimum Gasteiger partial charge on any atom is -0.469 e. The molecule has 0 N–H and O–H groups in total. The van der Waals surface area contributed by atoms with E-state index in [1.54, 1.807) is 0 Å². The Morgan fingerprint density at radius 3 is 2.79 bits per heavy atom. The highest BCUT2D eigenvalue weighted by Crippen LogP contribution is 2.51. The van der Waals surface area contributed by atoms with Gasteiger partial charge in [0.25, 0.3) is 0 Å². The molecular formula is C11H16O3. The summed E-state index contributed by atoms with van der Waals surface area (Å²) in [6.07, 6.45) is 3.21. The number of ether oxygens (including phenoxy) is 1. The molecule has 0 aromatic carbocycles. The van der Waals surface area contributed by atoms with E-state index >= 15 is 0 Å². The maximum absolute atomic E-state index is 11.5. The molecule has 0 aromatic heterocycles. The molecule has 2 aliphatic rings. The van der Waals surface area contributed by atoms with Crippen molar-refractivity contribution >= 4 is 11.8 Å². The summed E-state index contributed by atoms with van der Waals surface area (Å²) in [4.78, 5) is 23.0. The summed E-state index contributed by atoms with van der Waals surface area (Å²) < 4.78 is 4.79. The minimum absolute atomic E-state index is 0.138. The van der Waals surface area contributed by atoms with E-state index in [-0.39, 0.29) is 11.9 Å². The van der Waals surface area contributed by atoms with Gasteiger partial charge in [-0.1, -0.05) is 0 Å². The molecule has 3 heteroatoms. The summed E-state index contributed by atoms with van der Waals surface area (Å²) in [6.45, 7) is 1.92. The Balaban J connectivity index is 2.14. The summed E-state index contributed by atoms with van der Waals surface area (Å²) in [6, 6.07) is 0. The van der Waals surface area contributed by atoms with Crippen molar-refractivity contribution < 1.29 is 14.3 Å². The molecular weight excluding hydrogens is 180 g/mol. The lowest BCUT2D eigenvalue weighted by Crippen LogP contribution is -2.27. The van der Waals surface area contributed by atoms with Crippen molar-refractivity contribution in [3.63, 3.8) is 0 Å². The lowest BCUT2D eigenvalue weighted by molar-refractivity contribution is -0.151. The predicted octanol–water partition coefficient (Wildman–Crippen LogP) is 1.55. The molecule has 0 spiro atoms. The van der Waals surface area contributed by atoms with Crippen LogP contribution in [0.4, 0.5) is 0 Å². The van der Waals surface area contributed by atoms with Gasteiger partial charge in [0, 0.05) is 12.3 Å². The van der Waals surface area contributed by atoms with E-state index in [9.17, 15) is 9.59 Å². The third-order valence-electron chi connectivity index (χ3n) is 3.81. The number of methoxy groups -OCH3 is 1. The van der Waals surface area contributed by atoms with E-state index in [0.29, 0.717) is 24.5 Å². The Kier molecular flexibility index (Phi) is 2.13. The highest BCUT2D eigenvalue weighted by Gasteiger charge is 2.52. The molecule has 3 nitrogen and oxygen atoms in total. The van der Waals surface area contributed by atoms with Crippen molar-refractivity contribution in [3.8, 4) is 0 Å². The van der Waals surface area contributed by atoms with Gasteiger partial charge in [0.15, 0.2) is 0 Å². The zero-order valence-electron chi connectivity index (χ0n) is 8.71. The van der Waals surface area contributed by atoms with Gasteiger partial charge >= 0.3 is 5.97 Å². The summed E-state index contributed by atoms with van der Waals surface area (Å²) in [7, 11) is 1.42. The highest BCUT2D eigenvalue weighted by molar-refractivity contribution is 5.86. The Morgan fingerprint density at radius 1 is 1.50 bits per heavy atom. The molecule has 0 aromatic rings. The van der Waals surface area contributed by atoms with Gasteiger partial charge < -0.3 is 4.74 Å². The summed E-state index contributed by atoms with van der Waals surface area (Å²) in [5, 5.41) is 0. The van der Waals surface area contributed by atoms with E-state index in [0.717, 1.165) is 12.8 Å². The number of hydrogen-bond donors (Lipinski definition) is 0. The second-order valence-electron chi connectivity index (χ2n) is 4.83. The van der Waals surface area contributed by atoms with Crippen LogP contribution in [0.25, 0.3) is 0 Å². The molecule has 0 aliphatic heterocycles. The fourth-order valence-electron chi connectivity index (χ4n) is 3.06. The number of hydrogen-bond acceptors (Lipinski definition) is 3. The molecule has 2 rings (SSSR count). The average molecular weight is 196 g/mol. The summed E-state index contributed by atoms with van der Waals surface area (Å²) in [5.74, 6) is 0.771. The number of fused-ring (bicyclic) bond motifs is 1. The van der Waals surface area contributed by atoms with Crippen LogP contribution in [0.5, 0.6) is 0 Å². The van der Waals surface area contributed by atoms with Crippen LogP contribution in [0, 0.1) is 17.3 Å². The van der Waals surface area contributed by atoms with Gasteiger partial charge in [0.1, 0.15) is 5.78 Å². The van der Waals surface area contributed by atoms with Crippen LogP contribution in [0.1, 0.15) is 32.6 Å². The number of carbonyl (C=O) groups is 2. The lowest BCUT2D eigenvalue weighted by atomic mass is 9.86. The van der Waals surface area contributed by atoms with E-state index in [1.165, 1.54) is 7.11 Å². The molecule has 0 radical (unpaired) electrons. The van der Waals surface area contributed by atoms with Crippen LogP contribution in [-0.4, -0.2) is 18.9 Å². The van der Waals surface area contributed by atoms with E-state index in [1.807, 2.05) is 6.92 Å². The Hall–Kier alpha value is -0.860. The Labute approximate surface area is 83.8 Å². The van der Waals surface area contributed by atoms with Crippen LogP contribution in [0.2, 0.25) is 0 Å². The third kappa shape index (κ3) is 1.26. The van der Waals surface area contributed by atoms with Gasteiger partial charge in [-0.25, -0.2) is 0 Å². The van der Waals surface area contributed by atoms with E-state index < -0.39 is 5.41 Å².